The first kappa shape index (κ1) is 61.3. The molecule has 31 heteroatoms. The Bertz CT molecular complexity index is 3320. The van der Waals surface area contributed by atoms with Crippen LogP contribution in [0.2, 0.25) is 0 Å². The van der Waals surface area contributed by atoms with Crippen LogP contribution < -0.4 is 50.4 Å². The number of imidazole rings is 2. The number of aliphatic hydroxyl groups excluding tert-OH is 6. The topological polar surface area (TPSA) is 492 Å². The van der Waals surface area contributed by atoms with E-state index in [4.69, 9.17) is 48.6 Å². The summed E-state index contributed by atoms with van der Waals surface area (Å²) in [6, 6.07) is 8.47. The molecule has 10 rings (SSSR count). The molecule has 30 nitrogen and oxygen atoms in total. The minimum absolute atomic E-state index is 0.107. The van der Waals surface area contributed by atoms with Gasteiger partial charge in [-0.05, 0) is 43.0 Å². The molecule has 83 heavy (non-hydrogen) atoms. The van der Waals surface area contributed by atoms with Gasteiger partial charge in [0.05, 0.1) is 92.3 Å². The number of halogens is 1. The van der Waals surface area contributed by atoms with Gasteiger partial charge in [-0.15, -0.1) is 0 Å². The normalized spacial score (nSPS) is 26.0. The van der Waals surface area contributed by atoms with Crippen LogP contribution in [0.4, 0.5) is 21.5 Å². The second kappa shape index (κ2) is 27.1. The molecule has 6 unspecified atom stereocenters. The summed E-state index contributed by atoms with van der Waals surface area (Å²) in [6.07, 6.45) is 1.40. The number of ether oxygens (including phenoxy) is 3. The predicted octanol–water partition coefficient (Wildman–Crippen LogP) is -2.54. The van der Waals surface area contributed by atoms with Crippen LogP contribution in [0.5, 0.6) is 5.75 Å². The van der Waals surface area contributed by atoms with Crippen LogP contribution in [0.25, 0.3) is 33.4 Å². The van der Waals surface area contributed by atoms with Crippen molar-refractivity contribution in [3.8, 4) is 5.75 Å². The van der Waals surface area contributed by atoms with Crippen LogP contribution in [-0.4, -0.2) is 185 Å². The third-order valence-corrected chi connectivity index (χ3v) is 14.5. The zero-order chi connectivity index (χ0) is 59.8. The summed E-state index contributed by atoms with van der Waals surface area (Å²) in [5.74, 6) is -1.57. The number of aliphatic hydroxyl groups is 6. The molecule has 0 spiro atoms. The molecular weight excluding hydrogens is 1090 g/mol. The second-order valence-corrected chi connectivity index (χ2v) is 20.0. The fourth-order valence-corrected chi connectivity index (χ4v) is 10.1. The zero-order valence-corrected chi connectivity index (χ0v) is 44.9. The number of rotatable bonds is 18. The molecule has 9 heterocycles. The predicted molar refractivity (Wildman–Crippen MR) is 296 cm³/mol. The van der Waals surface area contributed by atoms with Crippen molar-refractivity contribution in [1.29, 1.82) is 0 Å². The highest BCUT2D eigenvalue weighted by molar-refractivity contribution is 5.94. The highest BCUT2D eigenvalue weighted by atomic mass is 19.1. The van der Waals surface area contributed by atoms with E-state index in [-0.39, 0.29) is 18.6 Å². The molecule has 1 aromatic carbocycles. The largest absolute Gasteiger partial charge is 0.506 e. The van der Waals surface area contributed by atoms with Crippen LogP contribution in [0, 0.1) is 0 Å². The number of fused-ring (bicyclic) bond motifs is 3. The number of nitrogens with zero attached hydrogens (tertiary/aromatic N) is 8. The minimum atomic E-state index is -1.20. The number of amides is 3. The summed E-state index contributed by atoms with van der Waals surface area (Å²) in [6.45, 7) is 0.0981. The summed E-state index contributed by atoms with van der Waals surface area (Å²) >= 11 is 0. The first-order chi connectivity index (χ1) is 39.9. The molecule has 0 bridgehead atoms. The average Bonchev–Trinajstić information content (AvgIpc) is 4.36. The summed E-state index contributed by atoms with van der Waals surface area (Å²) < 4.78 is 34.0. The molecule has 3 aliphatic heterocycles. The lowest BCUT2D eigenvalue weighted by Crippen LogP contribution is -2.53. The van der Waals surface area contributed by atoms with Crippen molar-refractivity contribution in [3.63, 3.8) is 0 Å². The third-order valence-electron chi connectivity index (χ3n) is 14.5. The van der Waals surface area contributed by atoms with Gasteiger partial charge in [0.1, 0.15) is 65.1 Å². The molecule has 3 fully saturated rings. The van der Waals surface area contributed by atoms with Crippen molar-refractivity contribution in [2.24, 2.45) is 17.2 Å². The van der Waals surface area contributed by atoms with Gasteiger partial charge in [0, 0.05) is 24.3 Å². The lowest BCUT2D eigenvalue weighted by atomic mass is 10.0. The zero-order valence-electron chi connectivity index (χ0n) is 44.9. The average molecular weight is 1160 g/mol. The van der Waals surface area contributed by atoms with E-state index in [1.807, 2.05) is 13.0 Å². The van der Waals surface area contributed by atoms with E-state index in [2.05, 4.69) is 40.9 Å². The Balaban J connectivity index is 0.000000163. The lowest BCUT2D eigenvalue weighted by molar-refractivity contribution is -0.125. The number of carbonyl (C=O) groups excluding carboxylic acids is 3. The van der Waals surface area contributed by atoms with E-state index in [1.54, 1.807) is 42.5 Å². The molecule has 15 atom stereocenters. The number of hydrogen-bond donors (Lipinski definition) is 16. The molecule has 7 aromatic rings. The van der Waals surface area contributed by atoms with E-state index in [0.29, 0.717) is 62.4 Å². The van der Waals surface area contributed by atoms with Gasteiger partial charge in [0.15, 0.2) is 30.0 Å². The van der Waals surface area contributed by atoms with Gasteiger partial charge >= 0.3 is 0 Å². The summed E-state index contributed by atoms with van der Waals surface area (Å²) in [7, 11) is 0. The molecule has 0 aliphatic carbocycles. The monoisotopic (exact) mass is 1160 g/mol. The Morgan fingerprint density at radius 3 is 1.47 bits per heavy atom. The standard InChI is InChI=1S/C19H22N6O4.C17H25N5O5.C16H23FN6O4/c20-11-6-7-22-17-14(11)23-9-25(17)19-16(27)15(12(8-26)29-19)24-18(28)13(21)10-4-2-1-3-5-10;1-2-3-9(19)16(26)21-13-11(7-23)27-17(14(13)25)22-6-10(24)12-8(18)4-5-20-15(12)22;17-4-1-2-9(19)15(26)22-12-10(6-24)27-16(13(12)25)23-7-21-11-8(18)3-5-20-14(11)23/h1-7,9,12-13,15-16,19,26-27H,8,21H2,(H2,20,22)(H,24,28);4-6,9,11,13-14,17,23-25H,2-3,7,19H2,1H3,(H2,18,20)(H,21,26);3,5,7,9-10,12-13,16,24-25H,1-2,4,6,19H2,(H2,18,20)(H,22,26)/t12-,13?,15+,16?,19-;9?,11-,13+,14?,17-;9?,10-,12+,13?,16-/m111/s1. The number of nitrogens with one attached hydrogen (secondary N) is 3. The van der Waals surface area contributed by atoms with Crippen molar-refractivity contribution in [2.45, 2.75) is 124 Å². The van der Waals surface area contributed by atoms with Gasteiger partial charge in [-0.1, -0.05) is 43.7 Å². The van der Waals surface area contributed by atoms with Crippen LogP contribution in [0.15, 0.2) is 86.0 Å². The summed E-state index contributed by atoms with van der Waals surface area (Å²) in [5.41, 5.74) is 39.2. The molecule has 0 radical (unpaired) electrons. The lowest BCUT2D eigenvalue weighted by Gasteiger charge is -2.23. The van der Waals surface area contributed by atoms with E-state index >= 15 is 0 Å². The fraction of sp³-hybridized carbons (Fsp3) is 0.462. The third kappa shape index (κ3) is 12.9. The molecule has 22 N–H and O–H groups in total. The number of benzene rings is 1. The Morgan fingerprint density at radius 1 is 0.602 bits per heavy atom. The number of carbonyl (C=O) groups is 3. The van der Waals surface area contributed by atoms with Crippen LogP contribution in [0.3, 0.4) is 0 Å². The molecule has 3 saturated heterocycles. The summed E-state index contributed by atoms with van der Waals surface area (Å²) in [5, 5.41) is 79.7. The maximum Gasteiger partial charge on any atom is 0.241 e. The fourth-order valence-electron chi connectivity index (χ4n) is 10.1. The smallest absolute Gasteiger partial charge is 0.241 e. The van der Waals surface area contributed by atoms with Gasteiger partial charge in [-0.3, -0.25) is 32.5 Å². The Kier molecular flexibility index (Phi) is 20.0. The quantitative estimate of drug-likeness (QED) is 0.0421. The maximum absolute atomic E-state index is 12.6. The van der Waals surface area contributed by atoms with Crippen LogP contribution in [-0.2, 0) is 28.6 Å². The van der Waals surface area contributed by atoms with Crippen molar-refractivity contribution in [3.05, 3.63) is 91.5 Å². The molecule has 6 aromatic heterocycles. The number of hydrogen-bond acceptors (Lipinski definition) is 24. The molecule has 448 valence electrons. The van der Waals surface area contributed by atoms with Crippen molar-refractivity contribution < 1.29 is 68.7 Å². The first-order valence-electron chi connectivity index (χ1n) is 26.6. The van der Waals surface area contributed by atoms with E-state index in [9.17, 15) is 54.5 Å². The number of nitrogen functional groups attached to an aromatic ring is 3. The minimum Gasteiger partial charge on any atom is -0.506 e. The van der Waals surface area contributed by atoms with Gasteiger partial charge < -0.3 is 100 Å². The number of alkyl halides is 1. The maximum atomic E-state index is 12.6. The van der Waals surface area contributed by atoms with Gasteiger partial charge in [-0.2, -0.15) is 0 Å². The summed E-state index contributed by atoms with van der Waals surface area (Å²) in [4.78, 5) is 58.1. The molecular formula is C52H70FN17O13. The number of aromatic nitrogens is 8. The highest BCUT2D eigenvalue weighted by Gasteiger charge is 2.49. The molecule has 0 saturated carbocycles. The van der Waals surface area contributed by atoms with Gasteiger partial charge in [0.25, 0.3) is 0 Å². The van der Waals surface area contributed by atoms with E-state index < -0.39 is 136 Å². The Morgan fingerprint density at radius 2 is 1.02 bits per heavy atom. The van der Waals surface area contributed by atoms with Crippen LogP contribution >= 0.6 is 0 Å². The number of pyridine rings is 3. The Labute approximate surface area is 472 Å². The number of aromatic hydroxyl groups is 1. The SMILES string of the molecule is CCCC(N)C(=O)N[C@@H]1C(O)[C@H](n2cc(O)c3c(N)ccnc32)O[C@@H]1CO.Nc1ccnc2c1ncn2[C@@H]1O[C@H](CO)[C@H](NC(=O)C(N)CCCF)C1O.Nc1ccnc2c1ncn2[C@@H]1O[C@H](CO)[C@H](NC(=O)C(N)c2ccccc2)C1O. The number of anilines is 3. The number of nitrogens with two attached hydrogens (primary N) is 6. The van der Waals surface area contributed by atoms with Crippen molar-refractivity contribution in [2.75, 3.05) is 43.7 Å². The van der Waals surface area contributed by atoms with E-state index in [0.717, 1.165) is 6.42 Å². The first-order valence-corrected chi connectivity index (χ1v) is 26.6. The highest BCUT2D eigenvalue weighted by Crippen LogP contribution is 2.38. The van der Waals surface area contributed by atoms with E-state index in [1.165, 1.54) is 51.1 Å². The van der Waals surface area contributed by atoms with Crippen molar-refractivity contribution >= 4 is 68.1 Å². The Hall–Kier alpha value is -7.79. The molecule has 3 amide bonds. The van der Waals surface area contributed by atoms with Gasteiger partial charge in [-0.25, -0.2) is 24.9 Å². The van der Waals surface area contributed by atoms with Crippen molar-refractivity contribution in [1.82, 2.24) is 54.6 Å². The molecule has 3 aliphatic rings. The second-order valence-electron chi connectivity index (χ2n) is 20.0. The van der Waals surface area contributed by atoms with Crippen LogP contribution in [0.1, 0.15) is 62.9 Å². The van der Waals surface area contributed by atoms with Gasteiger partial charge in [0.2, 0.25) is 17.7 Å².